The molecule has 0 saturated carbocycles. The molecule has 1 aliphatic rings. The van der Waals surface area contributed by atoms with E-state index in [0.717, 1.165) is 0 Å². The van der Waals surface area contributed by atoms with Gasteiger partial charge in [-0.2, -0.15) is 0 Å². The van der Waals surface area contributed by atoms with Crippen LogP contribution >= 0.6 is 0 Å². The molecule has 0 radical (unpaired) electrons. The highest BCUT2D eigenvalue weighted by Crippen LogP contribution is 2.33. The van der Waals surface area contributed by atoms with Gasteiger partial charge in [0.25, 0.3) is 5.91 Å². The van der Waals surface area contributed by atoms with Crippen LogP contribution in [0.1, 0.15) is 27.7 Å². The van der Waals surface area contributed by atoms with Gasteiger partial charge in [-0.05, 0) is 27.7 Å². The zero-order valence-corrected chi connectivity index (χ0v) is 9.37. The number of carboxylic acids is 1. The molecule has 84 valence electrons. The molecular weight excluding hydrogens is 196 g/mol. The number of aliphatic carboxylic acids is 1. The largest absolute Gasteiger partial charge is 0.477 e. The molecule has 0 aromatic heterocycles. The fourth-order valence-corrected chi connectivity index (χ4v) is 2.01. The molecule has 0 aliphatic carbocycles. The Labute approximate surface area is 88.5 Å². The van der Waals surface area contributed by atoms with Crippen molar-refractivity contribution in [2.45, 2.75) is 39.3 Å². The number of nitrogens with two attached hydrogens (primary N) is 1. The summed E-state index contributed by atoms with van der Waals surface area (Å²) < 4.78 is 0. The smallest absolute Gasteiger partial charge is 0.343 e. The summed E-state index contributed by atoms with van der Waals surface area (Å²) in [6.07, 6.45) is 0. The maximum atomic E-state index is 11.8. The Bertz CT molecular complexity index is 356. The number of carbonyl (C=O) groups is 2. The van der Waals surface area contributed by atoms with E-state index in [2.05, 4.69) is 0 Å². The minimum Gasteiger partial charge on any atom is -0.477 e. The first-order valence-electron chi connectivity index (χ1n) is 4.78. The lowest BCUT2D eigenvalue weighted by Crippen LogP contribution is -2.48. The van der Waals surface area contributed by atoms with Crippen molar-refractivity contribution >= 4 is 11.9 Å². The van der Waals surface area contributed by atoms with Crippen LogP contribution in [0.2, 0.25) is 0 Å². The van der Waals surface area contributed by atoms with E-state index < -0.39 is 17.4 Å². The van der Waals surface area contributed by atoms with E-state index >= 15 is 0 Å². The molecule has 0 aromatic rings. The van der Waals surface area contributed by atoms with Crippen molar-refractivity contribution in [2.75, 3.05) is 0 Å². The lowest BCUT2D eigenvalue weighted by molar-refractivity contribution is -0.138. The van der Waals surface area contributed by atoms with Crippen molar-refractivity contribution in [3.8, 4) is 0 Å². The van der Waals surface area contributed by atoms with Gasteiger partial charge in [0.1, 0.15) is 5.57 Å². The van der Waals surface area contributed by atoms with Gasteiger partial charge in [0.2, 0.25) is 0 Å². The number of hydrogen-bond acceptors (Lipinski definition) is 3. The monoisotopic (exact) mass is 212 g/mol. The Morgan fingerprint density at radius 1 is 1.47 bits per heavy atom. The van der Waals surface area contributed by atoms with Gasteiger partial charge in [-0.25, -0.2) is 4.79 Å². The second kappa shape index (κ2) is 3.25. The van der Waals surface area contributed by atoms with Gasteiger partial charge in [0.05, 0.1) is 11.2 Å². The Hall–Kier alpha value is -1.52. The fraction of sp³-hybridized carbons (Fsp3) is 0.600. The number of hydrogen-bond donors (Lipinski definition) is 2. The number of amides is 1. The molecule has 5 nitrogen and oxygen atoms in total. The topological polar surface area (TPSA) is 83.6 Å². The molecule has 1 aliphatic heterocycles. The average Bonchev–Trinajstić information content (AvgIpc) is 2.17. The number of rotatable bonds is 2. The highest BCUT2D eigenvalue weighted by molar-refractivity contribution is 6.18. The third kappa shape index (κ3) is 1.48. The summed E-state index contributed by atoms with van der Waals surface area (Å²) in [5.41, 5.74) is 4.82. The Morgan fingerprint density at radius 2 is 1.93 bits per heavy atom. The van der Waals surface area contributed by atoms with Gasteiger partial charge in [0.15, 0.2) is 0 Å². The zero-order chi connectivity index (χ0) is 12.0. The van der Waals surface area contributed by atoms with E-state index in [1.165, 1.54) is 4.90 Å². The molecule has 0 aromatic carbocycles. The molecule has 0 unspecified atom stereocenters. The van der Waals surface area contributed by atoms with E-state index in [9.17, 15) is 9.59 Å². The Kier molecular flexibility index (Phi) is 2.51. The molecule has 0 saturated heterocycles. The summed E-state index contributed by atoms with van der Waals surface area (Å²) in [6.45, 7) is 7.15. The van der Waals surface area contributed by atoms with E-state index in [0.29, 0.717) is 0 Å². The Morgan fingerprint density at radius 3 is 2.13 bits per heavy atom. The summed E-state index contributed by atoms with van der Waals surface area (Å²) in [5.74, 6) is -1.76. The molecule has 0 atom stereocenters. The third-order valence-corrected chi connectivity index (χ3v) is 2.69. The van der Waals surface area contributed by atoms with E-state index in [1.54, 1.807) is 13.8 Å². The summed E-state index contributed by atoms with van der Waals surface area (Å²) >= 11 is 0. The van der Waals surface area contributed by atoms with Crippen LogP contribution in [0.5, 0.6) is 0 Å². The average molecular weight is 212 g/mol. The first kappa shape index (κ1) is 11.6. The van der Waals surface area contributed by atoms with Gasteiger partial charge in [-0.15, -0.1) is 0 Å². The van der Waals surface area contributed by atoms with Crippen LogP contribution in [-0.2, 0) is 9.59 Å². The SMILES string of the molecule is CC(C)N1C(=O)C(C(=O)O)=C(N)C1(C)C. The lowest BCUT2D eigenvalue weighted by Gasteiger charge is -2.36. The molecule has 3 N–H and O–H groups in total. The van der Waals surface area contributed by atoms with Crippen LogP contribution < -0.4 is 5.73 Å². The van der Waals surface area contributed by atoms with Crippen LogP contribution in [0.3, 0.4) is 0 Å². The van der Waals surface area contributed by atoms with Gasteiger partial charge < -0.3 is 15.7 Å². The molecule has 1 amide bonds. The molecule has 0 spiro atoms. The van der Waals surface area contributed by atoms with Crippen LogP contribution in [0.4, 0.5) is 0 Å². The first-order chi connectivity index (χ1) is 6.71. The summed E-state index contributed by atoms with van der Waals surface area (Å²) in [7, 11) is 0. The maximum absolute atomic E-state index is 11.8. The van der Waals surface area contributed by atoms with Gasteiger partial charge in [-0.1, -0.05) is 0 Å². The second-order valence-electron chi connectivity index (χ2n) is 4.42. The van der Waals surface area contributed by atoms with Gasteiger partial charge >= 0.3 is 5.97 Å². The van der Waals surface area contributed by atoms with E-state index in [-0.39, 0.29) is 17.3 Å². The Balaban J connectivity index is 3.29. The van der Waals surface area contributed by atoms with Crippen molar-refractivity contribution in [1.29, 1.82) is 0 Å². The standard InChI is InChI=1S/C10H16N2O3/c1-5(2)12-8(13)6(9(14)15)7(11)10(12,3)4/h5H,11H2,1-4H3,(H,14,15). The molecule has 15 heavy (non-hydrogen) atoms. The molecule has 1 heterocycles. The minimum absolute atomic E-state index is 0.0806. The summed E-state index contributed by atoms with van der Waals surface area (Å²) in [5, 5.41) is 8.90. The van der Waals surface area contributed by atoms with Crippen LogP contribution in [0.15, 0.2) is 11.3 Å². The molecule has 1 rings (SSSR count). The van der Waals surface area contributed by atoms with Crippen molar-refractivity contribution in [2.24, 2.45) is 5.73 Å². The van der Waals surface area contributed by atoms with Crippen LogP contribution in [0.25, 0.3) is 0 Å². The fourth-order valence-electron chi connectivity index (χ4n) is 2.01. The van der Waals surface area contributed by atoms with Crippen molar-refractivity contribution in [1.82, 2.24) is 4.90 Å². The number of carboxylic acid groups (broad SMARTS) is 1. The van der Waals surface area contributed by atoms with Crippen molar-refractivity contribution < 1.29 is 14.7 Å². The lowest BCUT2D eigenvalue weighted by atomic mass is 9.99. The number of carbonyl (C=O) groups excluding carboxylic acids is 1. The van der Waals surface area contributed by atoms with Crippen LogP contribution in [-0.4, -0.2) is 33.5 Å². The second-order valence-corrected chi connectivity index (χ2v) is 4.42. The van der Waals surface area contributed by atoms with Gasteiger partial charge in [0, 0.05) is 6.04 Å². The third-order valence-electron chi connectivity index (χ3n) is 2.69. The highest BCUT2D eigenvalue weighted by Gasteiger charge is 2.47. The van der Waals surface area contributed by atoms with Crippen LogP contribution in [0, 0.1) is 0 Å². The number of nitrogens with zero attached hydrogens (tertiary/aromatic N) is 1. The summed E-state index contributed by atoms with van der Waals surface area (Å²) in [6, 6.07) is -0.0806. The summed E-state index contributed by atoms with van der Waals surface area (Å²) in [4.78, 5) is 24.2. The minimum atomic E-state index is -1.26. The predicted molar refractivity (Wildman–Crippen MR) is 54.9 cm³/mol. The highest BCUT2D eigenvalue weighted by atomic mass is 16.4. The normalized spacial score (nSPS) is 20.3. The first-order valence-corrected chi connectivity index (χ1v) is 4.78. The quantitative estimate of drug-likeness (QED) is 0.645. The molecule has 0 bridgehead atoms. The molecular formula is C10H16N2O3. The predicted octanol–water partition coefficient (Wildman–Crippen LogP) is 0.313. The van der Waals surface area contributed by atoms with Gasteiger partial charge in [-0.3, -0.25) is 4.79 Å². The van der Waals surface area contributed by atoms with E-state index in [1.807, 2.05) is 13.8 Å². The molecule has 0 fully saturated rings. The van der Waals surface area contributed by atoms with Crippen molar-refractivity contribution in [3.63, 3.8) is 0 Å². The van der Waals surface area contributed by atoms with Crippen molar-refractivity contribution in [3.05, 3.63) is 11.3 Å². The zero-order valence-electron chi connectivity index (χ0n) is 9.37. The molecule has 5 heteroatoms. The van der Waals surface area contributed by atoms with E-state index in [4.69, 9.17) is 10.8 Å². The maximum Gasteiger partial charge on any atom is 0.343 e.